The van der Waals surface area contributed by atoms with Gasteiger partial charge in [0.1, 0.15) is 17.5 Å². The molecule has 0 saturated carbocycles. The molecule has 0 radical (unpaired) electrons. The molecule has 4 rings (SSSR count). The zero-order valence-electron chi connectivity index (χ0n) is 17.2. The van der Waals surface area contributed by atoms with E-state index in [4.69, 9.17) is 20.9 Å². The van der Waals surface area contributed by atoms with Crippen LogP contribution in [0.4, 0.5) is 0 Å². The lowest BCUT2D eigenvalue weighted by molar-refractivity contribution is 0.220. The molecule has 2 aromatic heterocycles. The van der Waals surface area contributed by atoms with Crippen molar-refractivity contribution < 1.29 is 14.4 Å². The summed E-state index contributed by atoms with van der Waals surface area (Å²) in [6.07, 6.45) is 4.42. The molecule has 2 heterocycles. The first kappa shape index (κ1) is 21.1. The standard InChI is InChI=1S/C25H23ClN2O3/c1-2-3-14-30-21-11-9-17(10-12-21)23-22(24(29)19-7-5-13-27-16-19)25(31-28-23)18-6-4-8-20(26)15-18/h4-13,15-16,24,29H,2-3,14H2,1H3. The smallest absolute Gasteiger partial charge is 0.173 e. The highest BCUT2D eigenvalue weighted by Gasteiger charge is 2.26. The van der Waals surface area contributed by atoms with E-state index in [0.717, 1.165) is 29.7 Å². The molecule has 5 nitrogen and oxygen atoms in total. The lowest BCUT2D eigenvalue weighted by atomic mass is 9.95. The Morgan fingerprint density at radius 2 is 1.90 bits per heavy atom. The zero-order valence-corrected chi connectivity index (χ0v) is 17.9. The van der Waals surface area contributed by atoms with E-state index in [1.165, 1.54) is 0 Å². The van der Waals surface area contributed by atoms with Gasteiger partial charge in [-0.3, -0.25) is 4.98 Å². The van der Waals surface area contributed by atoms with Crippen molar-refractivity contribution in [2.24, 2.45) is 0 Å². The van der Waals surface area contributed by atoms with E-state index in [1.807, 2.05) is 42.5 Å². The molecular weight excluding hydrogens is 412 g/mol. The van der Waals surface area contributed by atoms with E-state index in [9.17, 15) is 5.11 Å². The SMILES string of the molecule is CCCCOc1ccc(-c2noc(-c3cccc(Cl)c3)c2C(O)c2cccnc2)cc1. The summed E-state index contributed by atoms with van der Waals surface area (Å²) in [5.74, 6) is 1.27. The summed E-state index contributed by atoms with van der Waals surface area (Å²) in [6.45, 7) is 2.81. The van der Waals surface area contributed by atoms with Crippen molar-refractivity contribution >= 4 is 11.6 Å². The van der Waals surface area contributed by atoms with E-state index >= 15 is 0 Å². The van der Waals surface area contributed by atoms with Crippen molar-refractivity contribution in [3.8, 4) is 28.3 Å². The maximum absolute atomic E-state index is 11.2. The molecule has 0 saturated heterocycles. The van der Waals surface area contributed by atoms with Crippen molar-refractivity contribution in [1.29, 1.82) is 0 Å². The number of halogens is 1. The van der Waals surface area contributed by atoms with E-state index < -0.39 is 6.10 Å². The molecule has 0 aliphatic carbocycles. The van der Waals surface area contributed by atoms with Crippen molar-refractivity contribution in [3.05, 3.63) is 89.2 Å². The van der Waals surface area contributed by atoms with Gasteiger partial charge in [0.05, 0.1) is 12.2 Å². The molecule has 0 bridgehead atoms. The molecule has 1 unspecified atom stereocenters. The third-order valence-corrected chi connectivity index (χ3v) is 5.22. The molecule has 4 aromatic rings. The number of aliphatic hydroxyl groups excluding tert-OH is 1. The van der Waals surface area contributed by atoms with Crippen molar-refractivity contribution in [2.75, 3.05) is 6.61 Å². The predicted octanol–water partition coefficient (Wildman–Crippen LogP) is 6.32. The fraction of sp³-hybridized carbons (Fsp3) is 0.200. The lowest BCUT2D eigenvalue weighted by Gasteiger charge is -2.13. The highest BCUT2D eigenvalue weighted by molar-refractivity contribution is 6.30. The van der Waals surface area contributed by atoms with Crippen LogP contribution in [-0.4, -0.2) is 21.9 Å². The third kappa shape index (κ3) is 4.79. The Morgan fingerprint density at radius 1 is 1.06 bits per heavy atom. The van der Waals surface area contributed by atoms with Gasteiger partial charge in [0.25, 0.3) is 0 Å². The summed E-state index contributed by atoms with van der Waals surface area (Å²) >= 11 is 6.19. The topological polar surface area (TPSA) is 68.4 Å². The average Bonchev–Trinajstić information content (AvgIpc) is 3.25. The van der Waals surface area contributed by atoms with Crippen molar-refractivity contribution in [1.82, 2.24) is 10.1 Å². The van der Waals surface area contributed by atoms with Crippen LogP contribution in [0.3, 0.4) is 0 Å². The molecule has 0 aliphatic heterocycles. The number of aromatic nitrogens is 2. The highest BCUT2D eigenvalue weighted by atomic mass is 35.5. The normalized spacial score (nSPS) is 12.0. The number of aliphatic hydroxyl groups is 1. The van der Waals surface area contributed by atoms with Crippen LogP contribution in [0.2, 0.25) is 5.02 Å². The largest absolute Gasteiger partial charge is 0.494 e. The summed E-state index contributed by atoms with van der Waals surface area (Å²) in [6, 6.07) is 18.5. The van der Waals surface area contributed by atoms with E-state index in [1.54, 1.807) is 30.6 Å². The van der Waals surface area contributed by atoms with Gasteiger partial charge >= 0.3 is 0 Å². The van der Waals surface area contributed by atoms with Crippen LogP contribution in [-0.2, 0) is 0 Å². The lowest BCUT2D eigenvalue weighted by Crippen LogP contribution is -2.03. The third-order valence-electron chi connectivity index (χ3n) is 4.98. The maximum atomic E-state index is 11.2. The Hall–Kier alpha value is -3.15. The summed E-state index contributed by atoms with van der Waals surface area (Å²) in [5.41, 5.74) is 3.33. The van der Waals surface area contributed by atoms with Gasteiger partial charge in [-0.1, -0.05) is 48.3 Å². The molecule has 1 N–H and O–H groups in total. The molecule has 6 heteroatoms. The Bertz CT molecular complexity index is 1130. The molecule has 0 spiro atoms. The second kappa shape index (κ2) is 9.77. The summed E-state index contributed by atoms with van der Waals surface area (Å²) in [5, 5.41) is 16.1. The van der Waals surface area contributed by atoms with Gasteiger partial charge in [-0.05, 0) is 48.9 Å². The molecule has 1 atom stereocenters. The molecule has 2 aromatic carbocycles. The van der Waals surface area contributed by atoms with E-state index in [2.05, 4.69) is 17.1 Å². The summed E-state index contributed by atoms with van der Waals surface area (Å²) < 4.78 is 11.5. The van der Waals surface area contributed by atoms with Gasteiger partial charge in [-0.2, -0.15) is 0 Å². The van der Waals surface area contributed by atoms with Crippen LogP contribution in [0.1, 0.15) is 37.0 Å². The van der Waals surface area contributed by atoms with Crippen LogP contribution in [0.25, 0.3) is 22.6 Å². The number of unbranched alkanes of at least 4 members (excludes halogenated alkanes) is 1. The number of benzene rings is 2. The number of hydrogen-bond acceptors (Lipinski definition) is 5. The fourth-order valence-electron chi connectivity index (χ4n) is 3.34. The van der Waals surface area contributed by atoms with Gasteiger partial charge in [0.15, 0.2) is 5.76 Å². The number of pyridine rings is 1. The first-order chi connectivity index (χ1) is 15.2. The van der Waals surface area contributed by atoms with Gasteiger partial charge < -0.3 is 14.4 Å². The van der Waals surface area contributed by atoms with Crippen LogP contribution >= 0.6 is 11.6 Å². The molecule has 0 fully saturated rings. The molecule has 0 amide bonds. The van der Waals surface area contributed by atoms with E-state index in [0.29, 0.717) is 34.2 Å². The quantitative estimate of drug-likeness (QED) is 0.329. The first-order valence-corrected chi connectivity index (χ1v) is 10.6. The average molecular weight is 435 g/mol. The molecule has 31 heavy (non-hydrogen) atoms. The predicted molar refractivity (Wildman–Crippen MR) is 121 cm³/mol. The van der Waals surface area contributed by atoms with Crippen LogP contribution in [0.15, 0.2) is 77.6 Å². The van der Waals surface area contributed by atoms with Gasteiger partial charge in [-0.15, -0.1) is 0 Å². The van der Waals surface area contributed by atoms with Gasteiger partial charge in [0, 0.05) is 34.1 Å². The second-order valence-corrected chi connectivity index (χ2v) is 7.64. The maximum Gasteiger partial charge on any atom is 0.173 e. The van der Waals surface area contributed by atoms with Crippen molar-refractivity contribution in [3.63, 3.8) is 0 Å². The molecular formula is C25H23ClN2O3. The Morgan fingerprint density at radius 3 is 2.61 bits per heavy atom. The number of hydrogen-bond donors (Lipinski definition) is 1. The Labute approximate surface area is 186 Å². The Balaban J connectivity index is 1.76. The second-order valence-electron chi connectivity index (χ2n) is 7.20. The van der Waals surface area contributed by atoms with Crippen molar-refractivity contribution in [2.45, 2.75) is 25.9 Å². The van der Waals surface area contributed by atoms with Crippen LogP contribution in [0.5, 0.6) is 5.75 Å². The zero-order chi connectivity index (χ0) is 21.6. The number of rotatable bonds is 8. The van der Waals surface area contributed by atoms with Crippen LogP contribution < -0.4 is 4.74 Å². The minimum atomic E-state index is -0.968. The molecule has 0 aliphatic rings. The van der Waals surface area contributed by atoms with Crippen LogP contribution in [0, 0.1) is 0 Å². The summed E-state index contributed by atoms with van der Waals surface area (Å²) in [4.78, 5) is 4.13. The Kier molecular flexibility index (Phi) is 6.65. The summed E-state index contributed by atoms with van der Waals surface area (Å²) in [7, 11) is 0. The monoisotopic (exact) mass is 434 g/mol. The number of nitrogens with zero attached hydrogens (tertiary/aromatic N) is 2. The highest BCUT2D eigenvalue weighted by Crippen LogP contribution is 2.39. The molecule has 158 valence electrons. The van der Waals surface area contributed by atoms with Gasteiger partial charge in [-0.25, -0.2) is 0 Å². The first-order valence-electron chi connectivity index (χ1n) is 10.2. The van der Waals surface area contributed by atoms with E-state index in [-0.39, 0.29) is 0 Å². The minimum absolute atomic E-state index is 0.470. The van der Waals surface area contributed by atoms with Gasteiger partial charge in [0.2, 0.25) is 0 Å². The fourth-order valence-corrected chi connectivity index (χ4v) is 3.54. The minimum Gasteiger partial charge on any atom is -0.494 e. The number of ether oxygens (including phenoxy) is 1.